The van der Waals surface area contributed by atoms with Crippen LogP contribution in [0.3, 0.4) is 0 Å². The molecule has 0 radical (unpaired) electrons. The summed E-state index contributed by atoms with van der Waals surface area (Å²) >= 11 is 0. The minimum absolute atomic E-state index is 0.844. The van der Waals surface area contributed by atoms with Gasteiger partial charge < -0.3 is 24.0 Å². The van der Waals surface area contributed by atoms with Gasteiger partial charge in [-0.05, 0) is 0 Å². The molecule has 0 aliphatic carbocycles. The van der Waals surface area contributed by atoms with Gasteiger partial charge in [0.05, 0.1) is 26.4 Å². The highest BCUT2D eigenvalue weighted by Gasteiger charge is 2.38. The average molecular weight is 294 g/mol. The molecule has 116 valence electrons. The van der Waals surface area contributed by atoms with Crippen molar-refractivity contribution >= 4 is 11.4 Å². The molecule has 0 unspecified atom stereocenters. The topological polar surface area (TPSA) is 37.2 Å². The maximum atomic E-state index is 5.50. The molecule has 0 aromatic heterocycles. The number of ether oxygens (including phenoxy) is 3. The number of hydrogen-bond acceptors (Lipinski definition) is 5. The van der Waals surface area contributed by atoms with Gasteiger partial charge in [0.15, 0.2) is 13.1 Å². The molecule has 3 heterocycles. The zero-order valence-corrected chi connectivity index (χ0v) is 12.6. The first-order valence-corrected chi connectivity index (χ1v) is 8.05. The molecule has 0 saturated carbocycles. The number of nitrogens with zero attached hydrogens (tertiary/aromatic N) is 3. The molecular formula is C15H24N3O3+. The van der Waals surface area contributed by atoms with Crippen molar-refractivity contribution in [3.63, 3.8) is 0 Å². The Labute approximate surface area is 125 Å². The summed E-state index contributed by atoms with van der Waals surface area (Å²) in [6.07, 6.45) is 0. The first-order valence-electron chi connectivity index (χ1n) is 8.05. The van der Waals surface area contributed by atoms with Crippen molar-refractivity contribution < 1.29 is 14.2 Å². The van der Waals surface area contributed by atoms with E-state index >= 15 is 0 Å². The zero-order valence-electron chi connectivity index (χ0n) is 12.6. The highest BCUT2D eigenvalue weighted by atomic mass is 16.5. The van der Waals surface area contributed by atoms with Gasteiger partial charge in [0.2, 0.25) is 0 Å². The Bertz CT molecular complexity index is 468. The third-order valence-electron chi connectivity index (χ3n) is 4.59. The number of hydrogen-bond donors (Lipinski definition) is 0. The minimum Gasteiger partial charge on any atom is -0.378 e. The van der Waals surface area contributed by atoms with E-state index in [9.17, 15) is 0 Å². The second-order valence-corrected chi connectivity index (χ2v) is 5.84. The van der Waals surface area contributed by atoms with Crippen molar-refractivity contribution in [2.24, 2.45) is 0 Å². The molecule has 0 amide bonds. The maximum Gasteiger partial charge on any atom is 0.252 e. The Hall–Kier alpha value is -1.11. The molecule has 1 aromatic carbocycles. The van der Waals surface area contributed by atoms with E-state index in [0.717, 1.165) is 78.9 Å². The van der Waals surface area contributed by atoms with Crippen molar-refractivity contribution in [3.05, 3.63) is 5.36 Å². The quantitative estimate of drug-likeness (QED) is 0.657. The Kier molecular flexibility index (Phi) is 3.83. The lowest BCUT2D eigenvalue weighted by Crippen LogP contribution is -2.40. The first-order chi connectivity index (χ1) is 10.4. The van der Waals surface area contributed by atoms with Crippen molar-refractivity contribution in [3.8, 4) is 0 Å². The fourth-order valence-corrected chi connectivity index (χ4v) is 3.42. The molecule has 21 heavy (non-hydrogen) atoms. The predicted octanol–water partition coefficient (Wildman–Crippen LogP) is -0.962. The Balaban J connectivity index is 1.64. The zero-order chi connectivity index (χ0) is 14.1. The summed E-state index contributed by atoms with van der Waals surface area (Å²) < 4.78 is 19.0. The first kappa shape index (κ1) is 13.5. The standard InChI is InChI=1S/C15H24N3O3/c1-7-19-8-2-16(1)13-14(17-3-9-20-10-4-17)15(13)18-5-11-21-12-6-18/h1-12H2/q+1. The van der Waals surface area contributed by atoms with Crippen molar-refractivity contribution in [2.45, 2.75) is 0 Å². The predicted molar refractivity (Wildman–Crippen MR) is 80.7 cm³/mol. The molecule has 3 fully saturated rings. The lowest BCUT2D eigenvalue weighted by Gasteiger charge is -2.28. The Morgan fingerprint density at radius 2 is 1.05 bits per heavy atom. The van der Waals surface area contributed by atoms with Crippen LogP contribution in [0.4, 0.5) is 11.4 Å². The van der Waals surface area contributed by atoms with Crippen LogP contribution in [0.1, 0.15) is 0 Å². The van der Waals surface area contributed by atoms with Gasteiger partial charge in [-0.1, -0.05) is 0 Å². The van der Waals surface area contributed by atoms with E-state index in [0.29, 0.717) is 0 Å². The van der Waals surface area contributed by atoms with Crippen LogP contribution in [0.5, 0.6) is 0 Å². The van der Waals surface area contributed by atoms with Crippen LogP contribution in [-0.2, 0) is 14.2 Å². The summed E-state index contributed by atoms with van der Waals surface area (Å²) in [5.74, 6) is 0. The highest BCUT2D eigenvalue weighted by molar-refractivity contribution is 5.85. The van der Waals surface area contributed by atoms with Crippen molar-refractivity contribution in [1.82, 2.24) is 4.58 Å². The number of morpholine rings is 3. The molecule has 3 aliphatic heterocycles. The molecule has 3 saturated heterocycles. The van der Waals surface area contributed by atoms with Crippen LogP contribution in [0.2, 0.25) is 0 Å². The fourth-order valence-electron chi connectivity index (χ4n) is 3.42. The third kappa shape index (κ3) is 2.67. The van der Waals surface area contributed by atoms with Gasteiger partial charge in [-0.25, -0.2) is 4.58 Å². The molecule has 0 bridgehead atoms. The molecule has 3 aliphatic rings. The summed E-state index contributed by atoms with van der Waals surface area (Å²) in [5, 5.41) is 1.46. The van der Waals surface area contributed by atoms with E-state index in [1.807, 2.05) is 0 Å². The van der Waals surface area contributed by atoms with E-state index < -0.39 is 0 Å². The van der Waals surface area contributed by atoms with Crippen LogP contribution in [0.15, 0.2) is 0 Å². The van der Waals surface area contributed by atoms with E-state index in [1.165, 1.54) is 16.7 Å². The molecule has 0 N–H and O–H groups in total. The lowest BCUT2D eigenvalue weighted by atomic mass is 10.4. The molecule has 6 nitrogen and oxygen atoms in total. The van der Waals surface area contributed by atoms with Crippen LogP contribution < -0.4 is 19.7 Å². The summed E-state index contributed by atoms with van der Waals surface area (Å²) in [4.78, 5) is 5.00. The van der Waals surface area contributed by atoms with Crippen molar-refractivity contribution in [1.29, 1.82) is 0 Å². The van der Waals surface area contributed by atoms with Gasteiger partial charge in [-0.15, -0.1) is 0 Å². The van der Waals surface area contributed by atoms with Gasteiger partial charge in [-0.3, -0.25) is 0 Å². The van der Waals surface area contributed by atoms with Crippen LogP contribution >= 0.6 is 0 Å². The normalized spacial score (nSPS) is 24.9. The van der Waals surface area contributed by atoms with E-state index in [1.54, 1.807) is 0 Å². The number of rotatable bonds is 2. The van der Waals surface area contributed by atoms with Gasteiger partial charge in [0.25, 0.3) is 5.36 Å². The van der Waals surface area contributed by atoms with E-state index in [4.69, 9.17) is 14.2 Å². The summed E-state index contributed by atoms with van der Waals surface area (Å²) in [6, 6.07) is 0. The molecule has 1 aromatic rings. The van der Waals surface area contributed by atoms with Crippen LogP contribution in [0.25, 0.3) is 0 Å². The minimum atomic E-state index is 0.844. The van der Waals surface area contributed by atoms with Gasteiger partial charge in [0, 0.05) is 26.2 Å². The summed E-state index contributed by atoms with van der Waals surface area (Å²) in [6.45, 7) is 11.1. The number of anilines is 2. The van der Waals surface area contributed by atoms with Gasteiger partial charge in [-0.2, -0.15) is 0 Å². The smallest absolute Gasteiger partial charge is 0.252 e. The van der Waals surface area contributed by atoms with Gasteiger partial charge in [0.1, 0.15) is 24.6 Å². The molecule has 0 atom stereocenters. The largest absolute Gasteiger partial charge is 0.378 e. The lowest BCUT2D eigenvalue weighted by molar-refractivity contribution is 0.0969. The monoisotopic (exact) mass is 294 g/mol. The van der Waals surface area contributed by atoms with Crippen LogP contribution in [0, 0.1) is 0 Å². The Morgan fingerprint density at radius 3 is 1.52 bits per heavy atom. The summed E-state index contributed by atoms with van der Waals surface area (Å²) in [7, 11) is 0. The average Bonchev–Trinajstić information content (AvgIpc) is 3.33. The molecular weight excluding hydrogens is 270 g/mol. The molecule has 0 spiro atoms. The van der Waals surface area contributed by atoms with E-state index in [2.05, 4.69) is 14.4 Å². The van der Waals surface area contributed by atoms with Crippen LogP contribution in [-0.4, -0.2) is 78.9 Å². The fraction of sp³-hybridized carbons (Fsp3) is 0.800. The maximum absolute atomic E-state index is 5.50. The molecule has 6 heteroatoms. The van der Waals surface area contributed by atoms with Crippen molar-refractivity contribution in [2.75, 3.05) is 88.7 Å². The molecule has 4 rings (SSSR count). The summed E-state index contributed by atoms with van der Waals surface area (Å²) in [5.41, 5.74) is 2.92. The third-order valence-corrected chi connectivity index (χ3v) is 4.59. The van der Waals surface area contributed by atoms with Gasteiger partial charge >= 0.3 is 0 Å². The SMILES string of the molecule is C1CN(c2c(N3CCOCC3)c2=[N+]2CCOCC2)CCO1. The second kappa shape index (κ2) is 5.94. The van der Waals surface area contributed by atoms with E-state index in [-0.39, 0.29) is 0 Å². The second-order valence-electron chi connectivity index (χ2n) is 5.84. The Morgan fingerprint density at radius 1 is 0.619 bits per heavy atom. The highest BCUT2D eigenvalue weighted by Crippen LogP contribution is 2.33.